The molecule has 1 aromatic heterocycles. The van der Waals surface area contributed by atoms with Crippen LogP contribution in [0, 0.1) is 0 Å². The van der Waals surface area contributed by atoms with E-state index in [9.17, 15) is 5.11 Å². The van der Waals surface area contributed by atoms with Gasteiger partial charge in [0.15, 0.2) is 0 Å². The van der Waals surface area contributed by atoms with Crippen LogP contribution < -0.4 is 4.74 Å². The van der Waals surface area contributed by atoms with Gasteiger partial charge in [0.05, 0.1) is 18.5 Å². The summed E-state index contributed by atoms with van der Waals surface area (Å²) < 4.78 is 11.0. The molecule has 3 nitrogen and oxygen atoms in total. The maximum Gasteiger partial charge on any atom is 0.125 e. The van der Waals surface area contributed by atoms with Crippen molar-refractivity contribution in [1.29, 1.82) is 0 Å². The van der Waals surface area contributed by atoms with E-state index >= 15 is 0 Å². The third-order valence-corrected chi connectivity index (χ3v) is 2.88. The topological polar surface area (TPSA) is 42.6 Å². The Bertz CT molecular complexity index is 488. The van der Waals surface area contributed by atoms with Crippen LogP contribution in [0.4, 0.5) is 0 Å². The van der Waals surface area contributed by atoms with Gasteiger partial charge in [0.25, 0.3) is 0 Å². The van der Waals surface area contributed by atoms with E-state index < -0.39 is 6.10 Å². The Morgan fingerprint density at radius 2 is 1.95 bits per heavy atom. The van der Waals surface area contributed by atoms with Gasteiger partial charge in [0, 0.05) is 12.0 Å². The highest BCUT2D eigenvalue weighted by Crippen LogP contribution is 2.28. The molecule has 0 aliphatic rings. The minimum atomic E-state index is -0.542. The summed E-state index contributed by atoms with van der Waals surface area (Å²) in [4.78, 5) is 0. The molecule has 0 saturated heterocycles. The summed E-state index contributed by atoms with van der Waals surface area (Å²) in [5, 5.41) is 10.3. The zero-order chi connectivity index (χ0) is 13.7. The van der Waals surface area contributed by atoms with Gasteiger partial charge in [-0.2, -0.15) is 0 Å². The summed E-state index contributed by atoms with van der Waals surface area (Å²) in [5.41, 5.74) is 0.836. The summed E-state index contributed by atoms with van der Waals surface area (Å²) in [6.45, 7) is 3.96. The van der Waals surface area contributed by atoms with Crippen molar-refractivity contribution in [3.8, 4) is 5.75 Å². The maximum atomic E-state index is 10.3. The van der Waals surface area contributed by atoms with Crippen molar-refractivity contribution in [3.63, 3.8) is 0 Å². The fourth-order valence-corrected chi connectivity index (χ4v) is 2.01. The minimum absolute atomic E-state index is 0.0958. The van der Waals surface area contributed by atoms with E-state index in [1.165, 1.54) is 0 Å². The van der Waals surface area contributed by atoms with Crippen molar-refractivity contribution in [1.82, 2.24) is 0 Å². The first-order valence-electron chi connectivity index (χ1n) is 6.63. The lowest BCUT2D eigenvalue weighted by Gasteiger charge is -2.17. The summed E-state index contributed by atoms with van der Waals surface area (Å²) in [7, 11) is 0. The highest BCUT2D eigenvalue weighted by atomic mass is 16.5. The van der Waals surface area contributed by atoms with E-state index in [2.05, 4.69) is 0 Å². The number of aliphatic hydroxyl groups excluding tert-OH is 1. The zero-order valence-electron chi connectivity index (χ0n) is 11.4. The second kappa shape index (κ2) is 6.43. The van der Waals surface area contributed by atoms with Crippen molar-refractivity contribution >= 4 is 0 Å². The van der Waals surface area contributed by atoms with Crippen LogP contribution in [0.2, 0.25) is 0 Å². The molecule has 1 heterocycles. The Labute approximate surface area is 113 Å². The number of benzene rings is 1. The third kappa shape index (κ3) is 3.86. The van der Waals surface area contributed by atoms with Crippen LogP contribution in [0.15, 0.2) is 47.1 Å². The average molecular weight is 260 g/mol. The largest absolute Gasteiger partial charge is 0.491 e. The molecule has 1 N–H and O–H groups in total. The van der Waals surface area contributed by atoms with E-state index in [0.717, 1.165) is 17.1 Å². The molecule has 19 heavy (non-hydrogen) atoms. The lowest BCUT2D eigenvalue weighted by atomic mass is 10.0. The van der Waals surface area contributed by atoms with Crippen molar-refractivity contribution in [2.45, 2.75) is 38.9 Å². The second-order valence-electron chi connectivity index (χ2n) is 4.84. The molecule has 0 spiro atoms. The molecule has 1 atom stereocenters. The molecule has 0 bridgehead atoms. The van der Waals surface area contributed by atoms with Crippen LogP contribution >= 0.6 is 0 Å². The highest BCUT2D eigenvalue weighted by molar-refractivity contribution is 5.35. The van der Waals surface area contributed by atoms with Crippen molar-refractivity contribution in [2.24, 2.45) is 0 Å². The van der Waals surface area contributed by atoms with Gasteiger partial charge in [-0.3, -0.25) is 0 Å². The molecule has 102 valence electrons. The number of furan rings is 1. The van der Waals surface area contributed by atoms with Crippen molar-refractivity contribution in [3.05, 3.63) is 54.0 Å². The van der Waals surface area contributed by atoms with Crippen LogP contribution in [-0.4, -0.2) is 11.2 Å². The molecule has 0 amide bonds. The monoisotopic (exact) mass is 260 g/mol. The Hall–Kier alpha value is -1.74. The van der Waals surface area contributed by atoms with Crippen LogP contribution in [-0.2, 0) is 6.42 Å². The number of aryl methyl sites for hydroxylation is 1. The van der Waals surface area contributed by atoms with E-state index in [-0.39, 0.29) is 6.10 Å². The first kappa shape index (κ1) is 13.7. The number of aliphatic hydroxyl groups is 1. The highest BCUT2D eigenvalue weighted by Gasteiger charge is 2.14. The van der Waals surface area contributed by atoms with Crippen molar-refractivity contribution in [2.75, 3.05) is 0 Å². The van der Waals surface area contributed by atoms with E-state index in [1.807, 2.05) is 50.2 Å². The van der Waals surface area contributed by atoms with Gasteiger partial charge in [-0.15, -0.1) is 0 Å². The van der Waals surface area contributed by atoms with Gasteiger partial charge >= 0.3 is 0 Å². The third-order valence-electron chi connectivity index (χ3n) is 2.88. The Balaban J connectivity index is 2.03. The fraction of sp³-hybridized carbons (Fsp3) is 0.375. The quantitative estimate of drug-likeness (QED) is 0.860. The fourth-order valence-electron chi connectivity index (χ4n) is 2.01. The molecule has 0 aliphatic heterocycles. The molecule has 2 aromatic rings. The SMILES string of the molecule is CC(C)Oc1ccccc1C(O)CCc1ccco1. The smallest absolute Gasteiger partial charge is 0.125 e. The lowest BCUT2D eigenvalue weighted by molar-refractivity contribution is 0.155. The average Bonchev–Trinajstić information content (AvgIpc) is 2.89. The van der Waals surface area contributed by atoms with E-state index in [1.54, 1.807) is 6.26 Å². The van der Waals surface area contributed by atoms with Crippen LogP contribution in [0.25, 0.3) is 0 Å². The molecule has 0 aliphatic carbocycles. The lowest BCUT2D eigenvalue weighted by Crippen LogP contribution is -2.09. The van der Waals surface area contributed by atoms with Crippen LogP contribution in [0.3, 0.4) is 0 Å². The van der Waals surface area contributed by atoms with Gasteiger partial charge in [-0.25, -0.2) is 0 Å². The molecule has 3 heteroatoms. The Morgan fingerprint density at radius 3 is 2.63 bits per heavy atom. The molecular formula is C16H20O3. The first-order valence-corrected chi connectivity index (χ1v) is 6.63. The molecule has 0 saturated carbocycles. The maximum absolute atomic E-state index is 10.3. The molecule has 2 rings (SSSR count). The molecule has 1 unspecified atom stereocenters. The Kier molecular flexibility index (Phi) is 4.63. The van der Waals surface area contributed by atoms with Crippen molar-refractivity contribution < 1.29 is 14.3 Å². The van der Waals surface area contributed by atoms with Crippen LogP contribution in [0.1, 0.15) is 37.7 Å². The molecule has 0 fully saturated rings. The predicted molar refractivity (Wildman–Crippen MR) is 74.2 cm³/mol. The van der Waals surface area contributed by atoms with Gasteiger partial charge < -0.3 is 14.3 Å². The summed E-state index contributed by atoms with van der Waals surface area (Å²) in [6, 6.07) is 11.4. The zero-order valence-corrected chi connectivity index (χ0v) is 11.4. The Morgan fingerprint density at radius 1 is 1.16 bits per heavy atom. The molecule has 0 radical (unpaired) electrons. The van der Waals surface area contributed by atoms with Crippen LogP contribution in [0.5, 0.6) is 5.75 Å². The van der Waals surface area contributed by atoms with Gasteiger partial charge in [0.1, 0.15) is 11.5 Å². The van der Waals surface area contributed by atoms with E-state index in [4.69, 9.17) is 9.15 Å². The minimum Gasteiger partial charge on any atom is -0.491 e. The number of para-hydroxylation sites is 1. The summed E-state index contributed by atoms with van der Waals surface area (Å²) in [5.74, 6) is 1.64. The van der Waals surface area contributed by atoms with E-state index in [0.29, 0.717) is 12.8 Å². The first-order chi connectivity index (χ1) is 9.16. The number of hydrogen-bond acceptors (Lipinski definition) is 3. The normalized spacial score (nSPS) is 12.6. The number of hydrogen-bond donors (Lipinski definition) is 1. The second-order valence-corrected chi connectivity index (χ2v) is 4.84. The summed E-state index contributed by atoms with van der Waals surface area (Å²) in [6.07, 6.45) is 2.53. The van der Waals surface area contributed by atoms with Gasteiger partial charge in [-0.1, -0.05) is 18.2 Å². The predicted octanol–water partition coefficient (Wildman–Crippen LogP) is 3.73. The number of rotatable bonds is 6. The molecule has 1 aromatic carbocycles. The van der Waals surface area contributed by atoms with Gasteiger partial charge in [0.2, 0.25) is 0 Å². The summed E-state index contributed by atoms with van der Waals surface area (Å²) >= 11 is 0. The molecular weight excluding hydrogens is 240 g/mol. The standard InChI is InChI=1S/C16H20O3/c1-12(2)19-16-8-4-3-7-14(16)15(17)10-9-13-6-5-11-18-13/h3-8,11-12,15,17H,9-10H2,1-2H3. The van der Waals surface area contributed by atoms with Gasteiger partial charge in [-0.05, 0) is 38.5 Å². The number of ether oxygens (including phenoxy) is 1.